The molecule has 3 nitrogen and oxygen atoms in total. The SMILES string of the molecule is CC(C)CN(C)C(=O)C1CCCC(CCN)C1. The molecule has 0 radical (unpaired) electrons. The molecule has 100 valence electrons. The van der Waals surface area contributed by atoms with Gasteiger partial charge in [-0.25, -0.2) is 0 Å². The number of nitrogens with two attached hydrogens (primary N) is 1. The Labute approximate surface area is 106 Å². The van der Waals surface area contributed by atoms with E-state index in [1.54, 1.807) is 0 Å². The average molecular weight is 240 g/mol. The first-order valence-corrected chi connectivity index (χ1v) is 6.99. The van der Waals surface area contributed by atoms with Crippen LogP contribution in [0, 0.1) is 17.8 Å². The fourth-order valence-electron chi connectivity index (χ4n) is 2.96. The summed E-state index contributed by atoms with van der Waals surface area (Å²) in [6, 6.07) is 0. The molecule has 1 amide bonds. The standard InChI is InChI=1S/C14H28N2O/c1-11(2)10-16(3)14(17)13-6-4-5-12(9-13)7-8-15/h11-13H,4-10,15H2,1-3H3. The fourth-order valence-corrected chi connectivity index (χ4v) is 2.96. The van der Waals surface area contributed by atoms with Crippen molar-refractivity contribution in [3.63, 3.8) is 0 Å². The van der Waals surface area contributed by atoms with Crippen LogP contribution in [0.5, 0.6) is 0 Å². The van der Waals surface area contributed by atoms with Crippen LogP contribution in [0.3, 0.4) is 0 Å². The van der Waals surface area contributed by atoms with E-state index in [4.69, 9.17) is 5.73 Å². The van der Waals surface area contributed by atoms with Crippen molar-refractivity contribution in [3.05, 3.63) is 0 Å². The molecule has 17 heavy (non-hydrogen) atoms. The van der Waals surface area contributed by atoms with Crippen LogP contribution in [0.25, 0.3) is 0 Å². The minimum Gasteiger partial charge on any atom is -0.345 e. The van der Waals surface area contributed by atoms with Gasteiger partial charge in [-0.2, -0.15) is 0 Å². The van der Waals surface area contributed by atoms with E-state index in [1.807, 2.05) is 11.9 Å². The predicted octanol–water partition coefficient (Wildman–Crippen LogP) is 2.26. The summed E-state index contributed by atoms with van der Waals surface area (Å²) >= 11 is 0. The molecule has 0 aromatic carbocycles. The highest BCUT2D eigenvalue weighted by Gasteiger charge is 2.28. The maximum atomic E-state index is 12.3. The van der Waals surface area contributed by atoms with Gasteiger partial charge in [0, 0.05) is 19.5 Å². The smallest absolute Gasteiger partial charge is 0.225 e. The number of amides is 1. The Bertz CT molecular complexity index is 238. The minimum absolute atomic E-state index is 0.254. The molecule has 2 unspecified atom stereocenters. The second-order valence-corrected chi connectivity index (χ2v) is 5.92. The van der Waals surface area contributed by atoms with Gasteiger partial charge in [-0.3, -0.25) is 4.79 Å². The van der Waals surface area contributed by atoms with Gasteiger partial charge in [0.2, 0.25) is 5.91 Å². The number of hydrogen-bond acceptors (Lipinski definition) is 2. The fraction of sp³-hybridized carbons (Fsp3) is 0.929. The molecule has 0 spiro atoms. The quantitative estimate of drug-likeness (QED) is 0.801. The summed E-state index contributed by atoms with van der Waals surface area (Å²) in [5.74, 6) is 1.83. The third kappa shape index (κ3) is 4.66. The molecule has 0 heterocycles. The monoisotopic (exact) mass is 240 g/mol. The van der Waals surface area contributed by atoms with Crippen molar-refractivity contribution >= 4 is 5.91 Å². The maximum Gasteiger partial charge on any atom is 0.225 e. The van der Waals surface area contributed by atoms with Crippen LogP contribution in [0.4, 0.5) is 0 Å². The molecule has 0 aromatic heterocycles. The number of carbonyl (C=O) groups excluding carboxylic acids is 1. The normalized spacial score (nSPS) is 25.0. The van der Waals surface area contributed by atoms with E-state index in [0.717, 1.165) is 32.4 Å². The Morgan fingerprint density at radius 2 is 2.12 bits per heavy atom. The van der Waals surface area contributed by atoms with Crippen LogP contribution in [-0.2, 0) is 4.79 Å². The van der Waals surface area contributed by atoms with Gasteiger partial charge in [0.25, 0.3) is 0 Å². The number of hydrogen-bond donors (Lipinski definition) is 1. The molecular weight excluding hydrogens is 212 g/mol. The zero-order valence-corrected chi connectivity index (χ0v) is 11.6. The van der Waals surface area contributed by atoms with Gasteiger partial charge in [0.05, 0.1) is 0 Å². The molecular formula is C14H28N2O. The van der Waals surface area contributed by atoms with E-state index in [9.17, 15) is 4.79 Å². The second kappa shape index (κ2) is 7.00. The van der Waals surface area contributed by atoms with Crippen molar-refractivity contribution in [2.24, 2.45) is 23.5 Å². The Morgan fingerprint density at radius 1 is 1.41 bits per heavy atom. The second-order valence-electron chi connectivity index (χ2n) is 5.92. The first kappa shape index (κ1) is 14.5. The Morgan fingerprint density at radius 3 is 2.71 bits per heavy atom. The molecule has 0 aromatic rings. The van der Waals surface area contributed by atoms with Crippen molar-refractivity contribution in [1.82, 2.24) is 4.90 Å². The molecule has 3 heteroatoms. The van der Waals surface area contributed by atoms with Gasteiger partial charge < -0.3 is 10.6 Å². The lowest BCUT2D eigenvalue weighted by molar-refractivity contribution is -0.136. The predicted molar refractivity (Wildman–Crippen MR) is 71.6 cm³/mol. The summed E-state index contributed by atoms with van der Waals surface area (Å²) in [5.41, 5.74) is 5.61. The summed E-state index contributed by atoms with van der Waals surface area (Å²) in [7, 11) is 1.94. The summed E-state index contributed by atoms with van der Waals surface area (Å²) in [5, 5.41) is 0. The van der Waals surface area contributed by atoms with Gasteiger partial charge in [-0.05, 0) is 37.6 Å². The van der Waals surface area contributed by atoms with Crippen molar-refractivity contribution in [1.29, 1.82) is 0 Å². The first-order valence-electron chi connectivity index (χ1n) is 6.99. The summed E-state index contributed by atoms with van der Waals surface area (Å²) in [4.78, 5) is 14.2. The van der Waals surface area contributed by atoms with Gasteiger partial charge in [-0.1, -0.05) is 26.7 Å². The molecule has 0 aliphatic heterocycles. The van der Waals surface area contributed by atoms with Crippen LogP contribution >= 0.6 is 0 Å². The molecule has 1 saturated carbocycles. The van der Waals surface area contributed by atoms with E-state index in [-0.39, 0.29) is 5.92 Å². The third-order valence-corrected chi connectivity index (χ3v) is 3.72. The highest BCUT2D eigenvalue weighted by molar-refractivity contribution is 5.78. The zero-order chi connectivity index (χ0) is 12.8. The largest absolute Gasteiger partial charge is 0.345 e. The van der Waals surface area contributed by atoms with Crippen molar-refractivity contribution in [3.8, 4) is 0 Å². The van der Waals surface area contributed by atoms with Gasteiger partial charge in [-0.15, -0.1) is 0 Å². The molecule has 1 aliphatic rings. The van der Waals surface area contributed by atoms with E-state index in [1.165, 1.54) is 12.8 Å². The summed E-state index contributed by atoms with van der Waals surface area (Å²) in [6.07, 6.45) is 5.66. The topological polar surface area (TPSA) is 46.3 Å². The van der Waals surface area contributed by atoms with E-state index in [0.29, 0.717) is 17.7 Å². The zero-order valence-electron chi connectivity index (χ0n) is 11.6. The van der Waals surface area contributed by atoms with Crippen LogP contribution in [0.2, 0.25) is 0 Å². The van der Waals surface area contributed by atoms with E-state index in [2.05, 4.69) is 13.8 Å². The lowest BCUT2D eigenvalue weighted by Gasteiger charge is -2.31. The van der Waals surface area contributed by atoms with Crippen molar-refractivity contribution < 1.29 is 4.79 Å². The van der Waals surface area contributed by atoms with Crippen molar-refractivity contribution in [2.75, 3.05) is 20.1 Å². The van der Waals surface area contributed by atoms with E-state index >= 15 is 0 Å². The average Bonchev–Trinajstić information content (AvgIpc) is 2.28. The lowest BCUT2D eigenvalue weighted by atomic mass is 9.79. The Kier molecular flexibility index (Phi) is 5.96. The van der Waals surface area contributed by atoms with E-state index < -0.39 is 0 Å². The minimum atomic E-state index is 0.254. The highest BCUT2D eigenvalue weighted by Crippen LogP contribution is 2.31. The van der Waals surface area contributed by atoms with Gasteiger partial charge in [0.1, 0.15) is 0 Å². The molecule has 0 bridgehead atoms. The highest BCUT2D eigenvalue weighted by atomic mass is 16.2. The number of rotatable bonds is 5. The molecule has 0 saturated heterocycles. The molecule has 1 fully saturated rings. The molecule has 1 aliphatic carbocycles. The maximum absolute atomic E-state index is 12.3. The molecule has 1 rings (SSSR count). The Balaban J connectivity index is 2.45. The molecule has 2 atom stereocenters. The van der Waals surface area contributed by atoms with Gasteiger partial charge in [0.15, 0.2) is 0 Å². The third-order valence-electron chi connectivity index (χ3n) is 3.72. The lowest BCUT2D eigenvalue weighted by Crippen LogP contribution is -2.37. The summed E-state index contributed by atoms with van der Waals surface area (Å²) in [6.45, 7) is 5.94. The van der Waals surface area contributed by atoms with Crippen LogP contribution in [-0.4, -0.2) is 30.9 Å². The van der Waals surface area contributed by atoms with Crippen molar-refractivity contribution in [2.45, 2.75) is 46.0 Å². The molecule has 2 N–H and O–H groups in total. The summed E-state index contributed by atoms with van der Waals surface area (Å²) < 4.78 is 0. The number of carbonyl (C=O) groups is 1. The van der Waals surface area contributed by atoms with Crippen LogP contribution in [0.1, 0.15) is 46.0 Å². The Hall–Kier alpha value is -0.570. The number of nitrogens with zero attached hydrogens (tertiary/aromatic N) is 1. The first-order chi connectivity index (χ1) is 8.04. The van der Waals surface area contributed by atoms with Crippen LogP contribution in [0.15, 0.2) is 0 Å². The van der Waals surface area contributed by atoms with Gasteiger partial charge >= 0.3 is 0 Å². The van der Waals surface area contributed by atoms with Crippen LogP contribution < -0.4 is 5.73 Å².